The van der Waals surface area contributed by atoms with Crippen LogP contribution in [0.3, 0.4) is 0 Å². The third-order valence-corrected chi connectivity index (χ3v) is 3.90. The summed E-state index contributed by atoms with van der Waals surface area (Å²) in [5.41, 5.74) is 8.18. The summed E-state index contributed by atoms with van der Waals surface area (Å²) in [5, 5.41) is 6.80. The predicted molar refractivity (Wildman–Crippen MR) is 102 cm³/mol. The highest BCUT2D eigenvalue weighted by molar-refractivity contribution is 5.17. The molecule has 130 valence electrons. The van der Waals surface area contributed by atoms with Crippen LogP contribution < -0.4 is 16.4 Å². The van der Waals surface area contributed by atoms with Crippen LogP contribution in [0.25, 0.3) is 0 Å². The minimum absolute atomic E-state index is 0.696. The van der Waals surface area contributed by atoms with E-state index in [0.29, 0.717) is 6.54 Å². The summed E-state index contributed by atoms with van der Waals surface area (Å²) in [5.74, 6) is 0. The van der Waals surface area contributed by atoms with Crippen LogP contribution in [-0.4, -0.2) is 44.2 Å². The van der Waals surface area contributed by atoms with E-state index in [1.807, 2.05) is 0 Å². The summed E-state index contributed by atoms with van der Waals surface area (Å²) in [4.78, 5) is 2.49. The second kappa shape index (κ2) is 11.8. The zero-order valence-corrected chi connectivity index (χ0v) is 14.5. The highest BCUT2D eigenvalue weighted by atomic mass is 15.1. The molecule has 2 aromatic rings. The molecule has 0 atom stereocenters. The SMILES string of the molecule is NCCNCCNCCN(Cc1ccccc1)Cc1ccccc1. The lowest BCUT2D eigenvalue weighted by Gasteiger charge is -2.23. The molecular weight excluding hydrogens is 296 g/mol. The van der Waals surface area contributed by atoms with Crippen molar-refractivity contribution in [2.24, 2.45) is 5.73 Å². The first-order valence-corrected chi connectivity index (χ1v) is 8.80. The molecule has 0 aliphatic rings. The van der Waals surface area contributed by atoms with Crippen molar-refractivity contribution in [1.29, 1.82) is 0 Å². The zero-order valence-electron chi connectivity index (χ0n) is 14.5. The average Bonchev–Trinajstić information content (AvgIpc) is 2.62. The van der Waals surface area contributed by atoms with Crippen molar-refractivity contribution in [2.45, 2.75) is 13.1 Å². The molecule has 0 aliphatic carbocycles. The summed E-state index contributed by atoms with van der Waals surface area (Å²) in [6, 6.07) is 21.4. The molecule has 0 spiro atoms. The Morgan fingerprint density at radius 1 is 0.667 bits per heavy atom. The van der Waals surface area contributed by atoms with E-state index in [0.717, 1.165) is 45.8 Å². The Hall–Kier alpha value is -1.72. The van der Waals surface area contributed by atoms with Crippen LogP contribution in [-0.2, 0) is 13.1 Å². The van der Waals surface area contributed by atoms with Gasteiger partial charge in [-0.05, 0) is 11.1 Å². The van der Waals surface area contributed by atoms with E-state index in [1.165, 1.54) is 11.1 Å². The normalized spacial score (nSPS) is 11.1. The van der Waals surface area contributed by atoms with Crippen molar-refractivity contribution in [3.8, 4) is 0 Å². The summed E-state index contributed by atoms with van der Waals surface area (Å²) in [7, 11) is 0. The van der Waals surface area contributed by atoms with Crippen molar-refractivity contribution in [3.05, 3.63) is 71.8 Å². The van der Waals surface area contributed by atoms with Crippen LogP contribution in [0.15, 0.2) is 60.7 Å². The molecule has 0 fully saturated rings. The molecule has 0 saturated carbocycles. The molecular formula is C20H30N4. The summed E-state index contributed by atoms with van der Waals surface area (Å²) >= 11 is 0. The predicted octanol–water partition coefficient (Wildman–Crippen LogP) is 1.83. The Kier molecular flexibility index (Phi) is 9.12. The fourth-order valence-corrected chi connectivity index (χ4v) is 2.66. The van der Waals surface area contributed by atoms with Gasteiger partial charge in [0.15, 0.2) is 0 Å². The van der Waals surface area contributed by atoms with Crippen molar-refractivity contribution >= 4 is 0 Å². The van der Waals surface area contributed by atoms with Gasteiger partial charge in [0, 0.05) is 52.4 Å². The number of benzene rings is 2. The number of nitrogens with one attached hydrogen (secondary N) is 2. The Balaban J connectivity index is 1.79. The molecule has 0 saturated heterocycles. The Morgan fingerprint density at radius 3 is 1.67 bits per heavy atom. The highest BCUT2D eigenvalue weighted by Crippen LogP contribution is 2.09. The second-order valence-corrected chi connectivity index (χ2v) is 5.97. The third-order valence-electron chi connectivity index (χ3n) is 3.90. The molecule has 2 rings (SSSR count). The lowest BCUT2D eigenvalue weighted by atomic mass is 10.1. The van der Waals surface area contributed by atoms with Crippen molar-refractivity contribution in [2.75, 3.05) is 39.3 Å². The Bertz CT molecular complexity index is 488. The molecule has 0 radical (unpaired) electrons. The van der Waals surface area contributed by atoms with Gasteiger partial charge < -0.3 is 16.4 Å². The van der Waals surface area contributed by atoms with E-state index in [9.17, 15) is 0 Å². The third kappa shape index (κ3) is 7.70. The molecule has 2 aromatic carbocycles. The molecule has 24 heavy (non-hydrogen) atoms. The van der Waals surface area contributed by atoms with Gasteiger partial charge in [-0.1, -0.05) is 60.7 Å². The molecule has 0 aliphatic heterocycles. The van der Waals surface area contributed by atoms with E-state index in [4.69, 9.17) is 5.73 Å². The van der Waals surface area contributed by atoms with E-state index < -0.39 is 0 Å². The van der Waals surface area contributed by atoms with Gasteiger partial charge in [0.05, 0.1) is 0 Å². The largest absolute Gasteiger partial charge is 0.329 e. The summed E-state index contributed by atoms with van der Waals surface area (Å²) < 4.78 is 0. The van der Waals surface area contributed by atoms with Gasteiger partial charge in [0.25, 0.3) is 0 Å². The first kappa shape index (κ1) is 18.6. The van der Waals surface area contributed by atoms with Gasteiger partial charge in [-0.15, -0.1) is 0 Å². The maximum absolute atomic E-state index is 5.47. The van der Waals surface area contributed by atoms with Crippen LogP contribution in [0.1, 0.15) is 11.1 Å². The van der Waals surface area contributed by atoms with Gasteiger partial charge in [-0.2, -0.15) is 0 Å². The maximum atomic E-state index is 5.47. The zero-order chi connectivity index (χ0) is 16.9. The topological polar surface area (TPSA) is 53.3 Å². The molecule has 4 N–H and O–H groups in total. The smallest absolute Gasteiger partial charge is 0.0237 e. The van der Waals surface area contributed by atoms with Crippen LogP contribution in [0.5, 0.6) is 0 Å². The second-order valence-electron chi connectivity index (χ2n) is 5.97. The fraction of sp³-hybridized carbons (Fsp3) is 0.400. The minimum Gasteiger partial charge on any atom is -0.329 e. The van der Waals surface area contributed by atoms with E-state index in [-0.39, 0.29) is 0 Å². The molecule has 0 heterocycles. The van der Waals surface area contributed by atoms with Crippen molar-refractivity contribution < 1.29 is 0 Å². The number of nitrogens with zero attached hydrogens (tertiary/aromatic N) is 1. The van der Waals surface area contributed by atoms with Crippen molar-refractivity contribution in [3.63, 3.8) is 0 Å². The van der Waals surface area contributed by atoms with Gasteiger partial charge in [-0.3, -0.25) is 4.90 Å². The Morgan fingerprint density at radius 2 is 1.17 bits per heavy atom. The van der Waals surface area contributed by atoms with E-state index in [2.05, 4.69) is 76.2 Å². The quantitative estimate of drug-likeness (QED) is 0.521. The average molecular weight is 326 g/mol. The molecule has 0 aromatic heterocycles. The molecule has 0 unspecified atom stereocenters. The van der Waals surface area contributed by atoms with Crippen molar-refractivity contribution in [1.82, 2.24) is 15.5 Å². The number of rotatable bonds is 12. The van der Waals surface area contributed by atoms with E-state index >= 15 is 0 Å². The van der Waals surface area contributed by atoms with Gasteiger partial charge in [0.2, 0.25) is 0 Å². The molecule has 0 amide bonds. The van der Waals surface area contributed by atoms with E-state index in [1.54, 1.807) is 0 Å². The van der Waals surface area contributed by atoms with Gasteiger partial charge in [0.1, 0.15) is 0 Å². The molecule has 0 bridgehead atoms. The first-order chi connectivity index (χ1) is 11.9. The van der Waals surface area contributed by atoms with Gasteiger partial charge >= 0.3 is 0 Å². The first-order valence-electron chi connectivity index (χ1n) is 8.80. The Labute approximate surface area is 146 Å². The molecule has 4 nitrogen and oxygen atoms in total. The number of hydrogen-bond acceptors (Lipinski definition) is 4. The minimum atomic E-state index is 0.696. The van der Waals surface area contributed by atoms with Crippen LogP contribution in [0.4, 0.5) is 0 Å². The lowest BCUT2D eigenvalue weighted by Crippen LogP contribution is -2.35. The van der Waals surface area contributed by atoms with Crippen LogP contribution in [0.2, 0.25) is 0 Å². The summed E-state index contributed by atoms with van der Waals surface area (Å²) in [6.07, 6.45) is 0. The monoisotopic (exact) mass is 326 g/mol. The lowest BCUT2D eigenvalue weighted by molar-refractivity contribution is 0.256. The summed E-state index contributed by atoms with van der Waals surface area (Å²) in [6.45, 7) is 7.49. The van der Waals surface area contributed by atoms with Crippen LogP contribution >= 0.6 is 0 Å². The van der Waals surface area contributed by atoms with Gasteiger partial charge in [-0.25, -0.2) is 0 Å². The van der Waals surface area contributed by atoms with Crippen LogP contribution in [0, 0.1) is 0 Å². The highest BCUT2D eigenvalue weighted by Gasteiger charge is 2.06. The standard InChI is InChI=1S/C20H30N4/c21-11-12-22-13-14-23-15-16-24(17-19-7-3-1-4-8-19)18-20-9-5-2-6-10-20/h1-10,22-23H,11-18,21H2. The number of hydrogen-bond donors (Lipinski definition) is 3. The number of nitrogens with two attached hydrogens (primary N) is 1. The molecule has 4 heteroatoms. The fourth-order valence-electron chi connectivity index (χ4n) is 2.66. The maximum Gasteiger partial charge on any atom is 0.0237 e.